The Kier molecular flexibility index (Phi) is 3.28. The molecule has 1 N–H and O–H groups in total. The summed E-state index contributed by atoms with van der Waals surface area (Å²) in [7, 11) is 0. The van der Waals surface area contributed by atoms with Gasteiger partial charge in [0.2, 0.25) is 0 Å². The van der Waals surface area contributed by atoms with Crippen LogP contribution in [0.5, 0.6) is 0 Å². The number of hydrogen-bond acceptors (Lipinski definition) is 3. The normalized spacial score (nSPS) is 14.7. The first-order chi connectivity index (χ1) is 7.59. The highest BCUT2D eigenvalue weighted by atomic mass is 35.5. The zero-order valence-electron chi connectivity index (χ0n) is 8.85. The lowest BCUT2D eigenvalue weighted by atomic mass is 9.92. The molecule has 1 aromatic heterocycles. The molecule has 1 unspecified atom stereocenters. The molecule has 0 aliphatic carbocycles. The van der Waals surface area contributed by atoms with E-state index in [4.69, 9.17) is 11.6 Å². The van der Waals surface area contributed by atoms with Gasteiger partial charge in [-0.25, -0.2) is 0 Å². The van der Waals surface area contributed by atoms with Crippen LogP contribution >= 0.6 is 22.9 Å². The maximum atomic E-state index is 10.4. The lowest BCUT2D eigenvalue weighted by molar-refractivity contribution is 0.0585. The van der Waals surface area contributed by atoms with Crippen molar-refractivity contribution in [3.63, 3.8) is 0 Å². The Bertz CT molecular complexity index is 468. The molecule has 0 saturated carbocycles. The Morgan fingerprint density at radius 2 is 2.19 bits per heavy atom. The van der Waals surface area contributed by atoms with Crippen LogP contribution in [0.15, 0.2) is 36.0 Å². The van der Waals surface area contributed by atoms with Crippen LogP contribution in [-0.2, 0) is 12.0 Å². The van der Waals surface area contributed by atoms with Crippen LogP contribution in [0.2, 0.25) is 5.02 Å². The topological polar surface area (TPSA) is 33.1 Å². The maximum Gasteiger partial charge on any atom is 0.0931 e. The number of benzene rings is 1. The summed E-state index contributed by atoms with van der Waals surface area (Å²) in [5.41, 5.74) is 1.56. The van der Waals surface area contributed by atoms with Crippen molar-refractivity contribution in [2.45, 2.75) is 18.9 Å². The van der Waals surface area contributed by atoms with Crippen molar-refractivity contribution in [2.75, 3.05) is 0 Å². The second kappa shape index (κ2) is 4.53. The zero-order valence-corrected chi connectivity index (χ0v) is 10.4. The summed E-state index contributed by atoms with van der Waals surface area (Å²) in [6.07, 6.45) is 2.30. The van der Waals surface area contributed by atoms with Gasteiger partial charge in [0.1, 0.15) is 0 Å². The molecule has 0 aliphatic rings. The van der Waals surface area contributed by atoms with Gasteiger partial charge in [0.15, 0.2) is 0 Å². The lowest BCUT2D eigenvalue weighted by Gasteiger charge is -2.24. The highest BCUT2D eigenvalue weighted by Crippen LogP contribution is 2.31. The Hall–Kier alpha value is -0.900. The largest absolute Gasteiger partial charge is 0.385 e. The Morgan fingerprint density at radius 3 is 2.81 bits per heavy atom. The van der Waals surface area contributed by atoms with Gasteiger partial charge in [-0.2, -0.15) is 0 Å². The molecule has 0 amide bonds. The van der Waals surface area contributed by atoms with E-state index in [1.165, 1.54) is 11.3 Å². The standard InChI is InChI=1S/C12H12ClNOS/c1-12(15,6-9-7-14-8-16-9)10-4-2-3-5-11(10)13/h2-5,7-8,15H,6H2,1H3. The van der Waals surface area contributed by atoms with Crippen LogP contribution < -0.4 is 0 Å². The molecule has 84 valence electrons. The van der Waals surface area contributed by atoms with E-state index in [1.54, 1.807) is 24.7 Å². The number of thiazole rings is 1. The highest BCUT2D eigenvalue weighted by Gasteiger charge is 2.26. The van der Waals surface area contributed by atoms with Crippen molar-refractivity contribution in [3.8, 4) is 0 Å². The van der Waals surface area contributed by atoms with Crippen LogP contribution in [0, 0.1) is 0 Å². The molecule has 2 nitrogen and oxygen atoms in total. The molecule has 1 atom stereocenters. The summed E-state index contributed by atoms with van der Waals surface area (Å²) in [6.45, 7) is 1.77. The van der Waals surface area contributed by atoms with Gasteiger partial charge in [-0.1, -0.05) is 29.8 Å². The van der Waals surface area contributed by atoms with Crippen molar-refractivity contribution >= 4 is 22.9 Å². The van der Waals surface area contributed by atoms with Gasteiger partial charge < -0.3 is 5.11 Å². The van der Waals surface area contributed by atoms with Crippen LogP contribution in [0.3, 0.4) is 0 Å². The van der Waals surface area contributed by atoms with E-state index in [2.05, 4.69) is 4.98 Å². The second-order valence-electron chi connectivity index (χ2n) is 3.90. The summed E-state index contributed by atoms with van der Waals surface area (Å²) in [5, 5.41) is 11.0. The molecule has 0 radical (unpaired) electrons. The molecule has 2 aromatic rings. The SMILES string of the molecule is CC(O)(Cc1cncs1)c1ccccc1Cl. The van der Waals surface area contributed by atoms with Gasteiger partial charge in [-0.3, -0.25) is 4.98 Å². The van der Waals surface area contributed by atoms with Crippen molar-refractivity contribution in [2.24, 2.45) is 0 Å². The van der Waals surface area contributed by atoms with E-state index in [-0.39, 0.29) is 0 Å². The van der Waals surface area contributed by atoms with E-state index in [1.807, 2.05) is 18.2 Å². The van der Waals surface area contributed by atoms with E-state index in [0.717, 1.165) is 10.4 Å². The minimum Gasteiger partial charge on any atom is -0.385 e. The average molecular weight is 254 g/mol. The Morgan fingerprint density at radius 1 is 1.44 bits per heavy atom. The van der Waals surface area contributed by atoms with E-state index in [0.29, 0.717) is 11.4 Å². The van der Waals surface area contributed by atoms with Crippen molar-refractivity contribution < 1.29 is 5.11 Å². The maximum absolute atomic E-state index is 10.4. The number of halogens is 1. The first-order valence-corrected chi connectivity index (χ1v) is 6.20. The number of aromatic nitrogens is 1. The summed E-state index contributed by atoms with van der Waals surface area (Å²) in [5.74, 6) is 0. The first-order valence-electron chi connectivity index (χ1n) is 4.94. The summed E-state index contributed by atoms with van der Waals surface area (Å²) >= 11 is 7.61. The van der Waals surface area contributed by atoms with E-state index < -0.39 is 5.60 Å². The Labute approximate surface area is 104 Å². The molecule has 0 bridgehead atoms. The van der Waals surface area contributed by atoms with Crippen molar-refractivity contribution in [1.82, 2.24) is 4.98 Å². The third kappa shape index (κ3) is 2.43. The van der Waals surface area contributed by atoms with Crippen LogP contribution in [-0.4, -0.2) is 10.1 Å². The van der Waals surface area contributed by atoms with Crippen LogP contribution in [0.25, 0.3) is 0 Å². The quantitative estimate of drug-likeness (QED) is 0.911. The smallest absolute Gasteiger partial charge is 0.0931 e. The van der Waals surface area contributed by atoms with Gasteiger partial charge in [-0.15, -0.1) is 11.3 Å². The number of rotatable bonds is 3. The van der Waals surface area contributed by atoms with E-state index >= 15 is 0 Å². The van der Waals surface area contributed by atoms with Gasteiger partial charge in [0.25, 0.3) is 0 Å². The molecular weight excluding hydrogens is 242 g/mol. The highest BCUT2D eigenvalue weighted by molar-refractivity contribution is 7.09. The number of aliphatic hydroxyl groups is 1. The van der Waals surface area contributed by atoms with Gasteiger partial charge in [0, 0.05) is 28.1 Å². The van der Waals surface area contributed by atoms with Crippen molar-refractivity contribution in [1.29, 1.82) is 0 Å². The molecule has 1 aromatic carbocycles. The Balaban J connectivity index is 2.28. The third-order valence-corrected chi connectivity index (χ3v) is 3.57. The second-order valence-corrected chi connectivity index (χ2v) is 5.28. The van der Waals surface area contributed by atoms with Gasteiger partial charge in [0.05, 0.1) is 11.1 Å². The van der Waals surface area contributed by atoms with Gasteiger partial charge in [-0.05, 0) is 13.0 Å². The fourth-order valence-electron chi connectivity index (χ4n) is 1.66. The lowest BCUT2D eigenvalue weighted by Crippen LogP contribution is -2.24. The zero-order chi connectivity index (χ0) is 11.6. The van der Waals surface area contributed by atoms with Crippen LogP contribution in [0.1, 0.15) is 17.4 Å². The molecule has 1 heterocycles. The minimum absolute atomic E-state index is 0.529. The molecule has 2 rings (SSSR count). The monoisotopic (exact) mass is 253 g/mol. The summed E-state index contributed by atoms with van der Waals surface area (Å²) in [6, 6.07) is 7.37. The first kappa shape index (κ1) is 11.6. The molecule has 0 fully saturated rings. The third-order valence-electron chi connectivity index (χ3n) is 2.46. The predicted octanol–water partition coefficient (Wildman–Crippen LogP) is 3.25. The van der Waals surface area contributed by atoms with Crippen LogP contribution in [0.4, 0.5) is 0 Å². The van der Waals surface area contributed by atoms with E-state index in [9.17, 15) is 5.11 Å². The summed E-state index contributed by atoms with van der Waals surface area (Å²) in [4.78, 5) is 5.04. The fourth-order valence-corrected chi connectivity index (χ4v) is 2.74. The predicted molar refractivity (Wildman–Crippen MR) is 66.8 cm³/mol. The summed E-state index contributed by atoms with van der Waals surface area (Å²) < 4.78 is 0. The molecule has 0 spiro atoms. The average Bonchev–Trinajstić information content (AvgIpc) is 2.70. The van der Waals surface area contributed by atoms with Crippen molar-refractivity contribution in [3.05, 3.63) is 51.4 Å². The fraction of sp³-hybridized carbons (Fsp3) is 0.250. The molecule has 4 heteroatoms. The minimum atomic E-state index is -0.953. The number of nitrogens with zero attached hydrogens (tertiary/aromatic N) is 1. The molecule has 0 saturated heterocycles. The molecule has 0 aliphatic heterocycles. The molecule has 16 heavy (non-hydrogen) atoms. The molecular formula is C12H12ClNOS. The van der Waals surface area contributed by atoms with Gasteiger partial charge >= 0.3 is 0 Å². The number of hydrogen-bond donors (Lipinski definition) is 1.